The Morgan fingerprint density at radius 1 is 1.06 bits per heavy atom. The van der Waals surface area contributed by atoms with Gasteiger partial charge in [0.05, 0.1) is 24.0 Å². The zero-order chi connectivity index (χ0) is 25.4. The molecule has 35 heavy (non-hydrogen) atoms. The summed E-state index contributed by atoms with van der Waals surface area (Å²) in [6, 6.07) is 18.3. The first-order valence-corrected chi connectivity index (χ1v) is 13.4. The number of thioether (sulfide) groups is 1. The van der Waals surface area contributed by atoms with Gasteiger partial charge in [0.25, 0.3) is 0 Å². The molecule has 1 aliphatic heterocycles. The van der Waals surface area contributed by atoms with E-state index < -0.39 is 17.8 Å². The van der Waals surface area contributed by atoms with E-state index in [0.717, 1.165) is 23.3 Å². The Bertz CT molecular complexity index is 1090. The molecule has 0 spiro atoms. The second kappa shape index (κ2) is 12.7. The minimum atomic E-state index is -0.688. The van der Waals surface area contributed by atoms with Crippen molar-refractivity contribution in [3.63, 3.8) is 0 Å². The van der Waals surface area contributed by atoms with Crippen molar-refractivity contribution in [2.24, 2.45) is 10.9 Å². The summed E-state index contributed by atoms with van der Waals surface area (Å²) in [5.41, 5.74) is 3.96. The standard InChI is InChI=1S/C29H35NO4S/c1-6-33-28(31)27-24(17-10-14-21-12-8-7-9-13-21)30-20(4)25(29(32)34-19(2)3)26(27)22-15-11-16-23(18-22)35-5/h7-9,11-13,15-16,18-19,25-26H,6,10,14,17H2,1-5H3. The Balaban J connectivity index is 2.07. The van der Waals surface area contributed by atoms with Crippen LogP contribution >= 0.6 is 11.8 Å². The van der Waals surface area contributed by atoms with Crippen molar-refractivity contribution in [2.45, 2.75) is 63.9 Å². The molecule has 0 saturated heterocycles. The highest BCUT2D eigenvalue weighted by atomic mass is 32.2. The van der Waals surface area contributed by atoms with Gasteiger partial charge in [-0.15, -0.1) is 11.8 Å². The minimum Gasteiger partial charge on any atom is -0.463 e. The Labute approximate surface area is 213 Å². The molecule has 6 heteroatoms. The molecule has 2 atom stereocenters. The first kappa shape index (κ1) is 26.7. The molecule has 0 amide bonds. The van der Waals surface area contributed by atoms with E-state index in [4.69, 9.17) is 14.5 Å². The van der Waals surface area contributed by atoms with Gasteiger partial charge in [0.2, 0.25) is 0 Å². The fourth-order valence-corrected chi connectivity index (χ4v) is 4.95. The van der Waals surface area contributed by atoms with Crippen molar-refractivity contribution < 1.29 is 19.1 Å². The van der Waals surface area contributed by atoms with Crippen molar-refractivity contribution >= 4 is 29.4 Å². The van der Waals surface area contributed by atoms with Gasteiger partial charge in [-0.3, -0.25) is 9.79 Å². The lowest BCUT2D eigenvalue weighted by Gasteiger charge is -2.33. The highest BCUT2D eigenvalue weighted by Crippen LogP contribution is 2.42. The van der Waals surface area contributed by atoms with E-state index in [-0.39, 0.29) is 18.7 Å². The van der Waals surface area contributed by atoms with Crippen molar-refractivity contribution in [1.82, 2.24) is 0 Å². The molecular formula is C29H35NO4S. The number of carbonyl (C=O) groups excluding carboxylic acids is 2. The van der Waals surface area contributed by atoms with E-state index in [1.54, 1.807) is 18.7 Å². The number of aryl methyl sites for hydroxylation is 1. The Morgan fingerprint density at radius 3 is 2.46 bits per heavy atom. The van der Waals surface area contributed by atoms with Gasteiger partial charge >= 0.3 is 11.9 Å². The summed E-state index contributed by atoms with van der Waals surface area (Å²) in [5, 5.41) is 0. The molecule has 0 N–H and O–H groups in total. The molecule has 2 aromatic carbocycles. The van der Waals surface area contributed by atoms with Gasteiger partial charge in [0.15, 0.2) is 0 Å². The van der Waals surface area contributed by atoms with Crippen molar-refractivity contribution in [1.29, 1.82) is 0 Å². The summed E-state index contributed by atoms with van der Waals surface area (Å²) in [7, 11) is 0. The van der Waals surface area contributed by atoms with Crippen molar-refractivity contribution in [2.75, 3.05) is 12.9 Å². The van der Waals surface area contributed by atoms with E-state index >= 15 is 0 Å². The molecular weight excluding hydrogens is 458 g/mol. The molecule has 3 rings (SSSR count). The fraction of sp³-hybridized carbons (Fsp3) is 0.414. The molecule has 2 aromatic rings. The van der Waals surface area contributed by atoms with Gasteiger partial charge in [-0.25, -0.2) is 4.79 Å². The maximum atomic E-state index is 13.4. The van der Waals surface area contributed by atoms with Crippen LogP contribution in [0.2, 0.25) is 0 Å². The summed E-state index contributed by atoms with van der Waals surface area (Å²) in [6.07, 6.45) is 4.06. The largest absolute Gasteiger partial charge is 0.463 e. The number of ether oxygens (including phenoxy) is 2. The molecule has 1 aliphatic rings. The van der Waals surface area contributed by atoms with Gasteiger partial charge in [0, 0.05) is 16.5 Å². The molecule has 5 nitrogen and oxygen atoms in total. The monoisotopic (exact) mass is 493 g/mol. The predicted octanol–water partition coefficient (Wildman–Crippen LogP) is 6.37. The highest BCUT2D eigenvalue weighted by Gasteiger charge is 2.43. The van der Waals surface area contributed by atoms with E-state index in [1.807, 2.05) is 69.5 Å². The summed E-state index contributed by atoms with van der Waals surface area (Å²) in [4.78, 5) is 32.6. The number of hydrogen-bond acceptors (Lipinski definition) is 6. The van der Waals surface area contributed by atoms with Crippen molar-refractivity contribution in [3.05, 3.63) is 77.0 Å². The molecule has 0 bridgehead atoms. The SMILES string of the molecule is CCOC(=O)C1=C(CCCc2ccccc2)N=C(C)C(C(=O)OC(C)C)C1c1cccc(SC)c1. The maximum absolute atomic E-state index is 13.4. The Hall–Kier alpha value is -2.86. The summed E-state index contributed by atoms with van der Waals surface area (Å²) in [5.74, 6) is -1.99. The summed E-state index contributed by atoms with van der Waals surface area (Å²) >= 11 is 1.62. The van der Waals surface area contributed by atoms with Crippen LogP contribution in [-0.2, 0) is 25.5 Å². The fourth-order valence-electron chi connectivity index (χ4n) is 4.49. The van der Waals surface area contributed by atoms with Crippen LogP contribution in [-0.4, -0.2) is 36.6 Å². The molecule has 0 fully saturated rings. The first-order valence-electron chi connectivity index (χ1n) is 12.2. The number of esters is 2. The van der Waals surface area contributed by atoms with Crippen LogP contribution in [0.15, 0.2) is 75.8 Å². The summed E-state index contributed by atoms with van der Waals surface area (Å²) in [6.45, 7) is 7.55. The quantitative estimate of drug-likeness (QED) is 0.284. The Morgan fingerprint density at radius 2 is 1.80 bits per heavy atom. The van der Waals surface area contributed by atoms with Crippen molar-refractivity contribution in [3.8, 4) is 0 Å². The van der Waals surface area contributed by atoms with Crippen LogP contribution in [0, 0.1) is 5.92 Å². The summed E-state index contributed by atoms with van der Waals surface area (Å²) < 4.78 is 11.1. The molecule has 2 unspecified atom stereocenters. The van der Waals surface area contributed by atoms with Crippen LogP contribution in [0.4, 0.5) is 0 Å². The number of benzene rings is 2. The lowest BCUT2D eigenvalue weighted by atomic mass is 9.75. The van der Waals surface area contributed by atoms with Crippen LogP contribution < -0.4 is 0 Å². The molecule has 0 aromatic heterocycles. The number of allylic oxidation sites excluding steroid dienone is 1. The van der Waals surface area contributed by atoms with Gasteiger partial charge in [-0.2, -0.15) is 0 Å². The second-order valence-corrected chi connectivity index (χ2v) is 9.77. The third kappa shape index (κ3) is 6.85. The normalized spacial score (nSPS) is 17.8. The smallest absolute Gasteiger partial charge is 0.336 e. The lowest BCUT2D eigenvalue weighted by Crippen LogP contribution is -2.37. The van der Waals surface area contributed by atoms with E-state index in [1.165, 1.54) is 5.56 Å². The number of nitrogens with zero attached hydrogens (tertiary/aromatic N) is 1. The molecule has 0 radical (unpaired) electrons. The number of hydrogen-bond donors (Lipinski definition) is 0. The third-order valence-corrected chi connectivity index (χ3v) is 6.72. The van der Waals surface area contributed by atoms with Gasteiger partial charge in [-0.1, -0.05) is 42.5 Å². The average Bonchev–Trinajstić information content (AvgIpc) is 2.84. The third-order valence-electron chi connectivity index (χ3n) is 5.99. The van der Waals surface area contributed by atoms with Gasteiger partial charge < -0.3 is 9.47 Å². The number of carbonyl (C=O) groups is 2. The first-order chi connectivity index (χ1) is 16.8. The van der Waals surface area contributed by atoms with E-state index in [2.05, 4.69) is 12.1 Å². The number of aliphatic imine (C=N–C) groups is 1. The lowest BCUT2D eigenvalue weighted by molar-refractivity contribution is -0.150. The van der Waals surface area contributed by atoms with Crippen LogP contribution in [0.25, 0.3) is 0 Å². The maximum Gasteiger partial charge on any atom is 0.336 e. The molecule has 186 valence electrons. The highest BCUT2D eigenvalue weighted by molar-refractivity contribution is 7.98. The number of rotatable bonds is 10. The molecule has 0 aliphatic carbocycles. The zero-order valence-electron chi connectivity index (χ0n) is 21.2. The second-order valence-electron chi connectivity index (χ2n) is 8.89. The minimum absolute atomic E-state index is 0.251. The van der Waals surface area contributed by atoms with Crippen LogP contribution in [0.5, 0.6) is 0 Å². The Kier molecular flexibility index (Phi) is 9.73. The van der Waals surface area contributed by atoms with Crippen LogP contribution in [0.3, 0.4) is 0 Å². The predicted molar refractivity (Wildman–Crippen MR) is 142 cm³/mol. The average molecular weight is 494 g/mol. The molecule has 0 saturated carbocycles. The van der Waals surface area contributed by atoms with Crippen LogP contribution in [0.1, 0.15) is 57.6 Å². The topological polar surface area (TPSA) is 65.0 Å². The van der Waals surface area contributed by atoms with E-state index in [9.17, 15) is 9.59 Å². The molecule has 1 heterocycles. The van der Waals surface area contributed by atoms with Gasteiger partial charge in [0.1, 0.15) is 5.92 Å². The van der Waals surface area contributed by atoms with E-state index in [0.29, 0.717) is 23.4 Å². The van der Waals surface area contributed by atoms with Gasteiger partial charge in [-0.05, 0) is 76.5 Å². The zero-order valence-corrected chi connectivity index (χ0v) is 22.1.